The molecule has 0 saturated heterocycles. The Bertz CT molecular complexity index is 488. The monoisotopic (exact) mass is 243 g/mol. The fourth-order valence-electron chi connectivity index (χ4n) is 2.41. The fraction of sp³-hybridized carbons (Fsp3) is 0.412. The summed E-state index contributed by atoms with van der Waals surface area (Å²) >= 11 is 0. The lowest BCUT2D eigenvalue weighted by Crippen LogP contribution is -1.90. The lowest BCUT2D eigenvalue weighted by Gasteiger charge is -2.08. The van der Waals surface area contributed by atoms with Gasteiger partial charge < -0.3 is 6.15 Å². The molecule has 0 bridgehead atoms. The second-order valence-corrected chi connectivity index (χ2v) is 4.94. The maximum atomic E-state index is 2.37. The number of aryl methyl sites for hydroxylation is 2. The van der Waals surface area contributed by atoms with Gasteiger partial charge in [0.25, 0.3) is 0 Å². The van der Waals surface area contributed by atoms with Crippen LogP contribution in [0, 0.1) is 6.92 Å². The summed E-state index contributed by atoms with van der Waals surface area (Å²) in [7, 11) is 0. The van der Waals surface area contributed by atoms with Crippen LogP contribution in [0.15, 0.2) is 36.4 Å². The molecular formula is C17H25N. The number of hydrogen-bond donors (Lipinski definition) is 1. The topological polar surface area (TPSA) is 35.0 Å². The van der Waals surface area contributed by atoms with E-state index in [9.17, 15) is 0 Å². The van der Waals surface area contributed by atoms with E-state index in [4.69, 9.17) is 0 Å². The molecule has 0 saturated carbocycles. The Morgan fingerprint density at radius 1 is 0.889 bits per heavy atom. The third kappa shape index (κ3) is 3.58. The van der Waals surface area contributed by atoms with Crippen LogP contribution in [0.2, 0.25) is 0 Å². The molecule has 0 unspecified atom stereocenters. The first-order valence-electron chi connectivity index (χ1n) is 6.79. The molecule has 0 radical (unpaired) electrons. The maximum Gasteiger partial charge on any atom is -0.0181 e. The molecule has 18 heavy (non-hydrogen) atoms. The van der Waals surface area contributed by atoms with Crippen LogP contribution in [0.5, 0.6) is 0 Å². The minimum absolute atomic E-state index is 0. The van der Waals surface area contributed by atoms with Crippen LogP contribution < -0.4 is 6.15 Å². The van der Waals surface area contributed by atoms with E-state index in [2.05, 4.69) is 50.2 Å². The summed E-state index contributed by atoms with van der Waals surface area (Å²) in [6.45, 7) is 4.50. The first-order valence-corrected chi connectivity index (χ1v) is 6.79. The van der Waals surface area contributed by atoms with Crippen molar-refractivity contribution in [1.29, 1.82) is 0 Å². The average molecular weight is 243 g/mol. The molecule has 2 aromatic rings. The van der Waals surface area contributed by atoms with Gasteiger partial charge >= 0.3 is 0 Å². The van der Waals surface area contributed by atoms with Crippen LogP contribution in [0.4, 0.5) is 0 Å². The highest BCUT2D eigenvalue weighted by Gasteiger charge is 2.01. The standard InChI is InChI=1S/C17H22.H3N/c1-3-4-5-6-9-15-13-17-11-8-7-10-16(17)12-14(15)2;/h7-8,10-13H,3-6,9H2,1-2H3;1H3. The fourth-order valence-corrected chi connectivity index (χ4v) is 2.41. The molecular weight excluding hydrogens is 218 g/mol. The molecule has 3 N–H and O–H groups in total. The predicted octanol–water partition coefficient (Wildman–Crippen LogP) is 5.43. The number of hydrogen-bond acceptors (Lipinski definition) is 1. The molecule has 1 heteroatoms. The van der Waals surface area contributed by atoms with Crippen molar-refractivity contribution >= 4 is 10.8 Å². The minimum atomic E-state index is 0. The second kappa shape index (κ2) is 7.17. The summed E-state index contributed by atoms with van der Waals surface area (Å²) in [6.07, 6.45) is 6.61. The van der Waals surface area contributed by atoms with Crippen LogP contribution in [0.25, 0.3) is 10.8 Å². The molecule has 1 nitrogen and oxygen atoms in total. The van der Waals surface area contributed by atoms with Crippen molar-refractivity contribution in [1.82, 2.24) is 6.15 Å². The number of fused-ring (bicyclic) bond motifs is 1. The average Bonchev–Trinajstić information content (AvgIpc) is 2.35. The second-order valence-electron chi connectivity index (χ2n) is 4.94. The Balaban J connectivity index is 0.00000162. The van der Waals surface area contributed by atoms with Crippen LogP contribution in [0.1, 0.15) is 43.7 Å². The van der Waals surface area contributed by atoms with Crippen molar-refractivity contribution in [2.45, 2.75) is 46.0 Å². The van der Waals surface area contributed by atoms with Gasteiger partial charge in [0.15, 0.2) is 0 Å². The first kappa shape index (κ1) is 14.7. The van der Waals surface area contributed by atoms with E-state index < -0.39 is 0 Å². The highest BCUT2D eigenvalue weighted by Crippen LogP contribution is 2.21. The van der Waals surface area contributed by atoms with E-state index in [1.54, 1.807) is 0 Å². The zero-order valence-corrected chi connectivity index (χ0v) is 11.7. The van der Waals surface area contributed by atoms with E-state index in [1.165, 1.54) is 54.0 Å². The van der Waals surface area contributed by atoms with Gasteiger partial charge in [-0.25, -0.2) is 0 Å². The summed E-state index contributed by atoms with van der Waals surface area (Å²) in [5, 5.41) is 2.74. The van der Waals surface area contributed by atoms with Gasteiger partial charge in [-0.05, 0) is 41.7 Å². The van der Waals surface area contributed by atoms with E-state index in [0.29, 0.717) is 0 Å². The van der Waals surface area contributed by atoms with E-state index in [0.717, 1.165) is 0 Å². The van der Waals surface area contributed by atoms with Crippen molar-refractivity contribution in [3.05, 3.63) is 47.5 Å². The maximum absolute atomic E-state index is 2.37. The molecule has 0 aliphatic carbocycles. The first-order chi connectivity index (χ1) is 8.31. The van der Waals surface area contributed by atoms with Crippen LogP contribution in [0.3, 0.4) is 0 Å². The third-order valence-electron chi connectivity index (χ3n) is 3.50. The van der Waals surface area contributed by atoms with Gasteiger partial charge in [0, 0.05) is 0 Å². The van der Waals surface area contributed by atoms with Gasteiger partial charge in [0.05, 0.1) is 0 Å². The third-order valence-corrected chi connectivity index (χ3v) is 3.50. The molecule has 2 aromatic carbocycles. The molecule has 0 amide bonds. The lowest BCUT2D eigenvalue weighted by molar-refractivity contribution is 0.666. The molecule has 0 fully saturated rings. The number of benzene rings is 2. The highest BCUT2D eigenvalue weighted by atomic mass is 14.1. The van der Waals surface area contributed by atoms with Crippen molar-refractivity contribution in [3.8, 4) is 0 Å². The normalized spacial score (nSPS) is 10.3. The van der Waals surface area contributed by atoms with E-state index in [-0.39, 0.29) is 6.15 Å². The van der Waals surface area contributed by atoms with Crippen molar-refractivity contribution in [3.63, 3.8) is 0 Å². The Morgan fingerprint density at radius 2 is 1.56 bits per heavy atom. The van der Waals surface area contributed by atoms with Gasteiger partial charge in [-0.15, -0.1) is 0 Å². The lowest BCUT2D eigenvalue weighted by atomic mass is 9.97. The Morgan fingerprint density at radius 3 is 2.22 bits per heavy atom. The Hall–Kier alpha value is -1.34. The van der Waals surface area contributed by atoms with Crippen LogP contribution in [-0.2, 0) is 6.42 Å². The van der Waals surface area contributed by atoms with Crippen molar-refractivity contribution < 1.29 is 0 Å². The smallest absolute Gasteiger partial charge is 0.0181 e. The summed E-state index contributed by atoms with van der Waals surface area (Å²) in [5.41, 5.74) is 2.97. The van der Waals surface area contributed by atoms with Crippen LogP contribution in [-0.4, -0.2) is 0 Å². The molecule has 0 heterocycles. The Labute approximate surface area is 111 Å². The summed E-state index contributed by atoms with van der Waals surface area (Å²) < 4.78 is 0. The quantitative estimate of drug-likeness (QED) is 0.698. The van der Waals surface area contributed by atoms with Crippen molar-refractivity contribution in [2.75, 3.05) is 0 Å². The van der Waals surface area contributed by atoms with Crippen LogP contribution >= 0.6 is 0 Å². The largest absolute Gasteiger partial charge is 0.344 e. The highest BCUT2D eigenvalue weighted by molar-refractivity contribution is 5.84. The molecule has 2 rings (SSSR count). The molecule has 0 aromatic heterocycles. The summed E-state index contributed by atoms with van der Waals surface area (Å²) in [4.78, 5) is 0. The van der Waals surface area contributed by atoms with Gasteiger partial charge in [-0.2, -0.15) is 0 Å². The van der Waals surface area contributed by atoms with E-state index in [1.807, 2.05) is 0 Å². The van der Waals surface area contributed by atoms with Gasteiger partial charge in [-0.3, -0.25) is 0 Å². The van der Waals surface area contributed by atoms with Gasteiger partial charge in [0.1, 0.15) is 0 Å². The molecule has 98 valence electrons. The molecule has 0 aliphatic rings. The zero-order chi connectivity index (χ0) is 12.1. The zero-order valence-electron chi connectivity index (χ0n) is 11.7. The van der Waals surface area contributed by atoms with Gasteiger partial charge in [0.2, 0.25) is 0 Å². The Kier molecular flexibility index (Phi) is 5.87. The minimum Gasteiger partial charge on any atom is -0.344 e. The molecule has 0 spiro atoms. The summed E-state index contributed by atoms with van der Waals surface area (Å²) in [5.74, 6) is 0. The van der Waals surface area contributed by atoms with E-state index >= 15 is 0 Å². The number of rotatable bonds is 5. The predicted molar refractivity (Wildman–Crippen MR) is 81.6 cm³/mol. The van der Waals surface area contributed by atoms with Gasteiger partial charge in [-0.1, -0.05) is 62.6 Å². The number of unbranched alkanes of at least 4 members (excludes halogenated alkanes) is 3. The molecule has 0 aliphatic heterocycles. The summed E-state index contributed by atoms with van der Waals surface area (Å²) in [6, 6.07) is 13.3. The molecule has 0 atom stereocenters. The SMILES string of the molecule is CCCCCCc1cc2ccccc2cc1C.N. The van der Waals surface area contributed by atoms with Crippen molar-refractivity contribution in [2.24, 2.45) is 0 Å².